The number of fused-ring (bicyclic) bond motifs is 3. The van der Waals surface area contributed by atoms with Crippen LogP contribution in [0.1, 0.15) is 34.6 Å². The van der Waals surface area contributed by atoms with E-state index in [4.69, 9.17) is 9.84 Å². The molecule has 166 valence electrons. The maximum absolute atomic E-state index is 14.0. The number of alkyl carbamates (subject to hydrolysis) is 1. The predicted octanol–water partition coefficient (Wildman–Crippen LogP) is 4.73. The van der Waals surface area contributed by atoms with Crippen molar-refractivity contribution in [1.29, 1.82) is 0 Å². The van der Waals surface area contributed by atoms with E-state index in [0.29, 0.717) is 12.0 Å². The number of carboxylic acid groups (broad SMARTS) is 1. The Morgan fingerprint density at radius 1 is 1.00 bits per heavy atom. The van der Waals surface area contributed by atoms with E-state index in [-0.39, 0.29) is 31.1 Å². The van der Waals surface area contributed by atoms with Crippen LogP contribution in [0.3, 0.4) is 0 Å². The van der Waals surface area contributed by atoms with Crippen molar-refractivity contribution in [3.63, 3.8) is 0 Å². The average Bonchev–Trinajstić information content (AvgIpc) is 3.12. The van der Waals surface area contributed by atoms with Gasteiger partial charge in [-0.2, -0.15) is 0 Å². The number of halogens is 1. The molecule has 6 heteroatoms. The van der Waals surface area contributed by atoms with Gasteiger partial charge in [-0.25, -0.2) is 9.18 Å². The van der Waals surface area contributed by atoms with Crippen LogP contribution in [0.4, 0.5) is 9.18 Å². The number of carboxylic acids is 1. The van der Waals surface area contributed by atoms with Crippen LogP contribution in [0.2, 0.25) is 0 Å². The van der Waals surface area contributed by atoms with Crippen LogP contribution in [-0.4, -0.2) is 30.3 Å². The van der Waals surface area contributed by atoms with Crippen LogP contribution in [0.15, 0.2) is 66.7 Å². The molecule has 0 fully saturated rings. The number of hydrogen-bond acceptors (Lipinski definition) is 3. The van der Waals surface area contributed by atoms with E-state index in [1.54, 1.807) is 0 Å². The van der Waals surface area contributed by atoms with Crippen LogP contribution in [0.5, 0.6) is 0 Å². The molecule has 0 unspecified atom stereocenters. The van der Waals surface area contributed by atoms with Crippen molar-refractivity contribution >= 4 is 12.1 Å². The van der Waals surface area contributed by atoms with Crippen molar-refractivity contribution in [3.8, 4) is 23.0 Å². The smallest absolute Gasteiger partial charge is 0.407 e. The number of nitrogens with one attached hydrogen (secondary N) is 1. The first-order chi connectivity index (χ1) is 16.0. The van der Waals surface area contributed by atoms with Crippen LogP contribution in [0, 0.1) is 17.7 Å². The van der Waals surface area contributed by atoms with E-state index in [0.717, 1.165) is 11.1 Å². The Bertz CT molecular complexity index is 1210. The second-order valence-electron chi connectivity index (χ2n) is 7.69. The van der Waals surface area contributed by atoms with E-state index in [1.165, 1.54) is 29.3 Å². The molecule has 0 heterocycles. The predicted molar refractivity (Wildman–Crippen MR) is 122 cm³/mol. The molecule has 33 heavy (non-hydrogen) atoms. The summed E-state index contributed by atoms with van der Waals surface area (Å²) in [5.41, 5.74) is 5.19. The summed E-state index contributed by atoms with van der Waals surface area (Å²) in [7, 11) is 0. The molecule has 5 nitrogen and oxygen atoms in total. The molecular weight excluding hydrogens is 421 g/mol. The van der Waals surface area contributed by atoms with Gasteiger partial charge in [0.25, 0.3) is 0 Å². The number of hydrogen-bond donors (Lipinski definition) is 2. The average molecular weight is 443 g/mol. The highest BCUT2D eigenvalue weighted by Gasteiger charge is 2.28. The fourth-order valence-corrected chi connectivity index (χ4v) is 3.98. The van der Waals surface area contributed by atoms with E-state index < -0.39 is 17.9 Å². The Morgan fingerprint density at radius 3 is 2.30 bits per heavy atom. The Balaban J connectivity index is 1.27. The minimum absolute atomic E-state index is 0.00462. The molecule has 0 atom stereocenters. The largest absolute Gasteiger partial charge is 0.481 e. The summed E-state index contributed by atoms with van der Waals surface area (Å²) in [6.45, 7) is 0.502. The maximum Gasteiger partial charge on any atom is 0.407 e. The molecule has 3 aromatic carbocycles. The highest BCUT2D eigenvalue weighted by Crippen LogP contribution is 2.44. The number of benzene rings is 3. The molecule has 0 radical (unpaired) electrons. The highest BCUT2D eigenvalue weighted by molar-refractivity contribution is 5.79. The molecule has 1 amide bonds. The zero-order chi connectivity index (χ0) is 23.2. The topological polar surface area (TPSA) is 75.6 Å². The molecule has 3 aromatic rings. The van der Waals surface area contributed by atoms with Gasteiger partial charge in [-0.05, 0) is 39.9 Å². The van der Waals surface area contributed by atoms with E-state index >= 15 is 0 Å². The van der Waals surface area contributed by atoms with Crippen molar-refractivity contribution in [2.24, 2.45) is 0 Å². The number of rotatable bonds is 6. The summed E-state index contributed by atoms with van der Waals surface area (Å²) >= 11 is 0. The molecule has 0 bridgehead atoms. The monoisotopic (exact) mass is 443 g/mol. The normalized spacial score (nSPS) is 11.7. The zero-order valence-corrected chi connectivity index (χ0v) is 17.8. The third-order valence-electron chi connectivity index (χ3n) is 5.47. The number of amides is 1. The second kappa shape index (κ2) is 10.0. The van der Waals surface area contributed by atoms with Crippen molar-refractivity contribution in [3.05, 3.63) is 94.8 Å². The summed E-state index contributed by atoms with van der Waals surface area (Å²) in [4.78, 5) is 22.8. The lowest BCUT2D eigenvalue weighted by molar-refractivity contribution is -0.136. The first kappa shape index (κ1) is 22.1. The Hall–Kier alpha value is -4.11. The minimum atomic E-state index is -1.02. The van der Waals surface area contributed by atoms with Gasteiger partial charge in [0, 0.05) is 18.9 Å². The summed E-state index contributed by atoms with van der Waals surface area (Å²) in [6, 6.07) is 20.4. The summed E-state index contributed by atoms with van der Waals surface area (Å²) in [5, 5.41) is 11.4. The number of ether oxygens (including phenoxy) is 1. The Labute approximate surface area is 191 Å². The molecule has 0 saturated carbocycles. The standard InChI is InChI=1S/C27H22FNO4/c28-25-15-18(16-26(30)31)12-13-19(25)7-5-6-14-29-27(32)33-17-24-22-10-3-1-8-20(22)21-9-2-4-11-23(21)24/h1-4,8-13,15,24H,6,14,16-17H2,(H,29,32)(H,30,31). The zero-order valence-electron chi connectivity index (χ0n) is 17.8. The van der Waals surface area contributed by atoms with Crippen LogP contribution >= 0.6 is 0 Å². The van der Waals surface area contributed by atoms with Crippen LogP contribution < -0.4 is 5.32 Å². The molecule has 2 N–H and O–H groups in total. The Morgan fingerprint density at radius 2 is 1.67 bits per heavy atom. The van der Waals surface area contributed by atoms with Crippen LogP contribution in [-0.2, 0) is 16.0 Å². The van der Waals surface area contributed by atoms with Gasteiger partial charge in [0.05, 0.1) is 12.0 Å². The fraction of sp³-hybridized carbons (Fsp3) is 0.185. The van der Waals surface area contributed by atoms with Gasteiger partial charge in [-0.3, -0.25) is 4.79 Å². The molecule has 1 aliphatic rings. The van der Waals surface area contributed by atoms with E-state index in [1.807, 2.05) is 24.3 Å². The number of carbonyl (C=O) groups is 2. The quantitative estimate of drug-likeness (QED) is 0.427. The minimum Gasteiger partial charge on any atom is -0.481 e. The highest BCUT2D eigenvalue weighted by atomic mass is 19.1. The van der Waals surface area contributed by atoms with Crippen molar-refractivity contribution in [1.82, 2.24) is 5.32 Å². The summed E-state index contributed by atoms with van der Waals surface area (Å²) in [6.07, 6.45) is -0.447. The molecule has 0 spiro atoms. The third-order valence-corrected chi connectivity index (χ3v) is 5.47. The fourth-order valence-electron chi connectivity index (χ4n) is 3.98. The molecule has 0 saturated heterocycles. The van der Waals surface area contributed by atoms with Gasteiger partial charge in [0.2, 0.25) is 0 Å². The van der Waals surface area contributed by atoms with E-state index in [9.17, 15) is 14.0 Å². The van der Waals surface area contributed by atoms with Gasteiger partial charge in [0.1, 0.15) is 12.4 Å². The Kier molecular flexibility index (Phi) is 6.70. The molecular formula is C27H22FNO4. The van der Waals surface area contributed by atoms with Gasteiger partial charge >= 0.3 is 12.1 Å². The number of carbonyl (C=O) groups excluding carboxylic acids is 1. The summed E-state index contributed by atoms with van der Waals surface area (Å²) < 4.78 is 19.5. The van der Waals surface area contributed by atoms with Gasteiger partial charge in [0.15, 0.2) is 0 Å². The molecule has 1 aliphatic carbocycles. The van der Waals surface area contributed by atoms with Crippen molar-refractivity contribution < 1.29 is 23.8 Å². The number of aliphatic carboxylic acids is 1. The third kappa shape index (κ3) is 5.21. The molecule has 0 aliphatic heterocycles. The SMILES string of the molecule is O=C(O)Cc1ccc(C#CCCNC(=O)OCC2c3ccccc3-c3ccccc32)c(F)c1. The van der Waals surface area contributed by atoms with Crippen molar-refractivity contribution in [2.45, 2.75) is 18.8 Å². The molecule has 4 rings (SSSR count). The first-order valence-corrected chi connectivity index (χ1v) is 10.6. The van der Waals surface area contributed by atoms with Crippen LogP contribution in [0.25, 0.3) is 11.1 Å². The lowest BCUT2D eigenvalue weighted by Gasteiger charge is -2.14. The lowest BCUT2D eigenvalue weighted by atomic mass is 9.98. The van der Waals surface area contributed by atoms with Gasteiger partial charge in [-0.15, -0.1) is 0 Å². The maximum atomic E-state index is 14.0. The lowest BCUT2D eigenvalue weighted by Crippen LogP contribution is -2.26. The second-order valence-corrected chi connectivity index (χ2v) is 7.69. The van der Waals surface area contributed by atoms with E-state index in [2.05, 4.69) is 41.4 Å². The first-order valence-electron chi connectivity index (χ1n) is 10.6. The van der Waals surface area contributed by atoms with Gasteiger partial charge in [-0.1, -0.05) is 66.4 Å². The van der Waals surface area contributed by atoms with Crippen molar-refractivity contribution in [2.75, 3.05) is 13.2 Å². The van der Waals surface area contributed by atoms with Gasteiger partial charge < -0.3 is 15.2 Å². The molecule has 0 aromatic heterocycles. The summed E-state index contributed by atoms with van der Waals surface area (Å²) in [5.74, 6) is 3.92.